The van der Waals surface area contributed by atoms with Crippen LogP contribution in [0.15, 0.2) is 84.5 Å². The Morgan fingerprint density at radius 1 is 0.946 bits per heavy atom. The van der Waals surface area contributed by atoms with E-state index in [4.69, 9.17) is 21.1 Å². The zero-order valence-electron chi connectivity index (χ0n) is 20.0. The first kappa shape index (κ1) is 27.0. The largest absolute Gasteiger partial charge is 0.490 e. The van der Waals surface area contributed by atoms with E-state index in [1.165, 1.54) is 6.21 Å². The van der Waals surface area contributed by atoms with Gasteiger partial charge in [-0.1, -0.05) is 42.5 Å². The average molecular weight is 521 g/mol. The molecule has 3 rings (SSSR count). The molecule has 9 nitrogen and oxygen atoms in total. The van der Waals surface area contributed by atoms with Gasteiger partial charge in [-0.2, -0.15) is 5.10 Å². The minimum absolute atomic E-state index is 0.217. The van der Waals surface area contributed by atoms with E-state index in [1.54, 1.807) is 72.8 Å². The van der Waals surface area contributed by atoms with E-state index in [9.17, 15) is 14.4 Å². The first-order valence-electron chi connectivity index (χ1n) is 11.1. The Balaban J connectivity index is 1.46. The second-order valence-corrected chi connectivity index (χ2v) is 8.01. The van der Waals surface area contributed by atoms with Crippen LogP contribution in [0.3, 0.4) is 0 Å². The van der Waals surface area contributed by atoms with Crippen LogP contribution < -0.4 is 25.5 Å². The summed E-state index contributed by atoms with van der Waals surface area (Å²) < 4.78 is 10.9. The number of hydrogen-bond acceptors (Lipinski definition) is 6. The van der Waals surface area contributed by atoms with Gasteiger partial charge in [0.2, 0.25) is 0 Å². The van der Waals surface area contributed by atoms with Crippen LogP contribution in [0, 0.1) is 6.92 Å². The first-order chi connectivity index (χ1) is 17.9. The number of rotatable bonds is 10. The highest BCUT2D eigenvalue weighted by molar-refractivity contribution is 6.39. The van der Waals surface area contributed by atoms with Crippen LogP contribution in [-0.2, 0) is 14.4 Å². The molecule has 0 aromatic heterocycles. The first-order valence-corrected chi connectivity index (χ1v) is 11.5. The van der Waals surface area contributed by atoms with Gasteiger partial charge < -0.3 is 20.1 Å². The summed E-state index contributed by atoms with van der Waals surface area (Å²) >= 11 is 6.07. The van der Waals surface area contributed by atoms with Crippen molar-refractivity contribution in [1.29, 1.82) is 0 Å². The number of nitrogens with zero attached hydrogens (tertiary/aromatic N) is 1. The molecular weight excluding hydrogens is 496 g/mol. The van der Waals surface area contributed by atoms with Crippen molar-refractivity contribution < 1.29 is 23.9 Å². The van der Waals surface area contributed by atoms with E-state index in [1.807, 2.05) is 6.92 Å². The number of halogens is 1. The molecule has 3 aromatic rings. The quantitative estimate of drug-likeness (QED) is 0.159. The van der Waals surface area contributed by atoms with Gasteiger partial charge in [-0.15, -0.1) is 0 Å². The molecular formula is C27H25ClN4O5. The molecule has 0 aliphatic carbocycles. The number of benzene rings is 3. The molecule has 0 unspecified atom stereocenters. The van der Waals surface area contributed by atoms with Gasteiger partial charge in [0, 0.05) is 16.4 Å². The van der Waals surface area contributed by atoms with Crippen molar-refractivity contribution in [1.82, 2.24) is 5.43 Å². The molecule has 0 saturated heterocycles. The molecule has 0 fully saturated rings. The molecule has 0 heterocycles. The third kappa shape index (κ3) is 8.52. The summed E-state index contributed by atoms with van der Waals surface area (Å²) in [7, 11) is 0. The van der Waals surface area contributed by atoms with Crippen molar-refractivity contribution in [2.24, 2.45) is 5.10 Å². The normalized spacial score (nSPS) is 10.4. The number of nitrogens with one attached hydrogen (secondary N) is 3. The zero-order valence-corrected chi connectivity index (χ0v) is 20.7. The fourth-order valence-electron chi connectivity index (χ4n) is 2.96. The minimum atomic E-state index is -0.941. The Bertz CT molecular complexity index is 1310. The maximum Gasteiger partial charge on any atom is 0.329 e. The third-order valence-corrected chi connectivity index (χ3v) is 5.25. The topological polar surface area (TPSA) is 118 Å². The molecule has 0 saturated carbocycles. The number of carbonyl (C=O) groups excluding carboxylic acids is 3. The molecule has 0 atom stereocenters. The van der Waals surface area contributed by atoms with Gasteiger partial charge in [0.05, 0.1) is 6.21 Å². The molecule has 10 heteroatoms. The van der Waals surface area contributed by atoms with Crippen molar-refractivity contribution in [2.45, 2.75) is 6.92 Å². The van der Waals surface area contributed by atoms with Crippen LogP contribution >= 0.6 is 11.6 Å². The molecule has 0 aliphatic rings. The highest BCUT2D eigenvalue weighted by Gasteiger charge is 2.13. The Morgan fingerprint density at radius 3 is 2.46 bits per heavy atom. The van der Waals surface area contributed by atoms with Gasteiger partial charge >= 0.3 is 11.8 Å². The van der Waals surface area contributed by atoms with Crippen molar-refractivity contribution >= 4 is 46.9 Å². The third-order valence-electron chi connectivity index (χ3n) is 4.84. The van der Waals surface area contributed by atoms with Gasteiger partial charge in [0.1, 0.15) is 18.1 Å². The number of carbonyl (C=O) groups is 3. The lowest BCUT2D eigenvalue weighted by molar-refractivity contribution is -0.136. The maximum atomic E-state index is 12.2. The van der Waals surface area contributed by atoms with Crippen LogP contribution in [0.4, 0.5) is 11.4 Å². The molecule has 3 N–H and O–H groups in total. The van der Waals surface area contributed by atoms with Gasteiger partial charge in [-0.05, 0) is 66.6 Å². The molecule has 3 amide bonds. The predicted molar refractivity (Wildman–Crippen MR) is 143 cm³/mol. The smallest absolute Gasteiger partial charge is 0.329 e. The number of hydrogen-bond donors (Lipinski definition) is 3. The molecule has 0 radical (unpaired) electrons. The molecule has 3 aromatic carbocycles. The standard InChI is InChI=1S/C27H25ClN4O5/c1-3-14-36-21-12-10-20(11-13-21)30-26(34)27(35)32-29-16-19-6-4-7-22(15-19)37-17-25(33)31-24-9-5-8-23(28)18(24)2/h3-13,15-16H,1,14,17H2,2H3,(H,30,34)(H,31,33)(H,32,35)/b29-16-. The zero-order chi connectivity index (χ0) is 26.6. The summed E-state index contributed by atoms with van der Waals surface area (Å²) in [6.07, 6.45) is 2.96. The monoisotopic (exact) mass is 520 g/mol. The van der Waals surface area contributed by atoms with Crippen LogP contribution in [0.25, 0.3) is 0 Å². The summed E-state index contributed by atoms with van der Waals surface area (Å²) in [5, 5.41) is 9.57. The number of anilines is 2. The SMILES string of the molecule is C=CCOc1ccc(NC(=O)C(=O)N/N=C\c2cccc(OCC(=O)Nc3cccc(Cl)c3C)c2)cc1. The highest BCUT2D eigenvalue weighted by Crippen LogP contribution is 2.23. The Kier molecular flexibility index (Phi) is 9.81. The summed E-state index contributed by atoms with van der Waals surface area (Å²) in [6.45, 7) is 5.52. The fourth-order valence-corrected chi connectivity index (χ4v) is 3.13. The van der Waals surface area contributed by atoms with E-state index >= 15 is 0 Å². The number of hydrazone groups is 1. The molecule has 0 bridgehead atoms. The maximum absolute atomic E-state index is 12.2. The molecule has 0 spiro atoms. The lowest BCUT2D eigenvalue weighted by atomic mass is 10.2. The van der Waals surface area contributed by atoms with Crippen LogP contribution in [0.5, 0.6) is 11.5 Å². The van der Waals surface area contributed by atoms with Crippen LogP contribution in [-0.4, -0.2) is 37.1 Å². The summed E-state index contributed by atoms with van der Waals surface area (Å²) in [5.41, 5.74) is 4.54. The van der Waals surface area contributed by atoms with Gasteiger partial charge in [0.15, 0.2) is 6.61 Å². The lowest BCUT2D eigenvalue weighted by Gasteiger charge is -2.10. The van der Waals surface area contributed by atoms with E-state index in [0.717, 1.165) is 5.56 Å². The Labute approximate surface area is 219 Å². The number of ether oxygens (including phenoxy) is 2. The highest BCUT2D eigenvalue weighted by atomic mass is 35.5. The lowest BCUT2D eigenvalue weighted by Crippen LogP contribution is -2.32. The van der Waals surface area contributed by atoms with E-state index < -0.39 is 11.8 Å². The Hall–Kier alpha value is -4.63. The Morgan fingerprint density at radius 2 is 1.70 bits per heavy atom. The second-order valence-electron chi connectivity index (χ2n) is 7.60. The van der Waals surface area contributed by atoms with E-state index in [0.29, 0.717) is 40.1 Å². The van der Waals surface area contributed by atoms with Gasteiger partial charge in [-0.25, -0.2) is 5.43 Å². The summed E-state index contributed by atoms with van der Waals surface area (Å²) in [6, 6.07) is 18.5. The van der Waals surface area contributed by atoms with Crippen molar-refractivity contribution in [3.05, 3.63) is 95.5 Å². The predicted octanol–water partition coefficient (Wildman–Crippen LogP) is 4.32. The second kappa shape index (κ2) is 13.5. The van der Waals surface area contributed by atoms with Crippen molar-refractivity contribution in [3.63, 3.8) is 0 Å². The number of amides is 3. The fraction of sp³-hybridized carbons (Fsp3) is 0.111. The van der Waals surface area contributed by atoms with Gasteiger partial charge in [0.25, 0.3) is 5.91 Å². The van der Waals surface area contributed by atoms with Crippen molar-refractivity contribution in [2.75, 3.05) is 23.8 Å². The van der Waals surface area contributed by atoms with Crippen molar-refractivity contribution in [3.8, 4) is 11.5 Å². The molecule has 190 valence electrons. The van der Waals surface area contributed by atoms with E-state index in [2.05, 4.69) is 27.7 Å². The van der Waals surface area contributed by atoms with Gasteiger partial charge in [-0.3, -0.25) is 14.4 Å². The summed E-state index contributed by atoms with van der Waals surface area (Å²) in [4.78, 5) is 36.3. The van der Waals surface area contributed by atoms with Crippen LogP contribution in [0.2, 0.25) is 5.02 Å². The molecule has 0 aliphatic heterocycles. The molecule has 37 heavy (non-hydrogen) atoms. The minimum Gasteiger partial charge on any atom is -0.490 e. The van der Waals surface area contributed by atoms with Crippen LogP contribution in [0.1, 0.15) is 11.1 Å². The summed E-state index contributed by atoms with van der Waals surface area (Å²) in [5.74, 6) is -1.14. The van der Waals surface area contributed by atoms with E-state index in [-0.39, 0.29) is 12.5 Å². The average Bonchev–Trinajstić information content (AvgIpc) is 2.90.